The van der Waals surface area contributed by atoms with Crippen molar-refractivity contribution in [3.63, 3.8) is 0 Å². The largest absolute Gasteiger partial charge is 0.368 e. The molecule has 2 heterocycles. The van der Waals surface area contributed by atoms with E-state index in [1.165, 1.54) is 0 Å². The molecule has 1 saturated heterocycles. The minimum absolute atomic E-state index is 0.0764. The van der Waals surface area contributed by atoms with Gasteiger partial charge in [-0.2, -0.15) is 0 Å². The minimum atomic E-state index is -0.423. The number of amides is 1. The highest BCUT2D eigenvalue weighted by Crippen LogP contribution is 2.33. The Hall–Kier alpha value is -2.21. The number of nitrogens with one attached hydrogen (secondary N) is 2. The second-order valence-electron chi connectivity index (χ2n) is 8.30. The number of rotatable bonds is 6. The van der Waals surface area contributed by atoms with Crippen LogP contribution in [0.1, 0.15) is 37.2 Å². The van der Waals surface area contributed by atoms with Gasteiger partial charge in [0.25, 0.3) is 5.91 Å². The third-order valence-corrected chi connectivity index (χ3v) is 6.95. The second-order valence-corrected chi connectivity index (χ2v) is 9.08. The summed E-state index contributed by atoms with van der Waals surface area (Å²) in [6.07, 6.45) is 1.85. The van der Waals surface area contributed by atoms with Crippen molar-refractivity contribution in [3.8, 4) is 0 Å². The summed E-state index contributed by atoms with van der Waals surface area (Å²) in [7, 11) is 0. The van der Waals surface area contributed by atoms with E-state index in [0.717, 1.165) is 55.6 Å². The molecule has 0 radical (unpaired) electrons. The molecule has 3 aromatic rings. The summed E-state index contributed by atoms with van der Waals surface area (Å²) < 4.78 is 0. The first-order chi connectivity index (χ1) is 14.9. The number of halogens is 2. The van der Waals surface area contributed by atoms with Crippen LogP contribution >= 0.6 is 23.2 Å². The van der Waals surface area contributed by atoms with Gasteiger partial charge in [-0.25, -0.2) is 0 Å². The molecule has 7 heteroatoms. The molecular weight excluding hydrogens is 431 g/mol. The Morgan fingerprint density at radius 1 is 1.10 bits per heavy atom. The van der Waals surface area contributed by atoms with Crippen molar-refractivity contribution in [2.75, 3.05) is 31.1 Å². The SMILES string of the molecule is CCCC(C)(NC(=O)c1cc2ccccc2[nH]1)N1CCN(c2cccc(Cl)c2Cl)CC1. The van der Waals surface area contributed by atoms with E-state index in [1.807, 2.05) is 48.5 Å². The number of anilines is 1. The molecule has 1 fully saturated rings. The van der Waals surface area contributed by atoms with Crippen LogP contribution in [0, 0.1) is 0 Å². The molecule has 1 aliphatic rings. The molecule has 0 spiro atoms. The zero-order valence-electron chi connectivity index (χ0n) is 17.9. The van der Waals surface area contributed by atoms with E-state index in [4.69, 9.17) is 23.2 Å². The molecule has 2 N–H and O–H groups in total. The normalized spacial score (nSPS) is 17.0. The van der Waals surface area contributed by atoms with Crippen molar-refractivity contribution in [2.45, 2.75) is 32.4 Å². The lowest BCUT2D eigenvalue weighted by Crippen LogP contribution is -2.63. The van der Waals surface area contributed by atoms with Crippen molar-refractivity contribution in [1.82, 2.24) is 15.2 Å². The zero-order chi connectivity index (χ0) is 22.0. The van der Waals surface area contributed by atoms with Gasteiger partial charge in [0.05, 0.1) is 21.4 Å². The summed E-state index contributed by atoms with van der Waals surface area (Å²) >= 11 is 12.6. The first-order valence-electron chi connectivity index (χ1n) is 10.8. The van der Waals surface area contributed by atoms with Gasteiger partial charge in [0.15, 0.2) is 0 Å². The van der Waals surface area contributed by atoms with Crippen molar-refractivity contribution in [3.05, 3.63) is 64.3 Å². The van der Waals surface area contributed by atoms with E-state index in [-0.39, 0.29) is 5.91 Å². The highest BCUT2D eigenvalue weighted by atomic mass is 35.5. The van der Waals surface area contributed by atoms with Gasteiger partial charge < -0.3 is 15.2 Å². The lowest BCUT2D eigenvalue weighted by atomic mass is 10.0. The summed E-state index contributed by atoms with van der Waals surface area (Å²) in [5.74, 6) is -0.0764. The third-order valence-electron chi connectivity index (χ3n) is 6.14. The van der Waals surface area contributed by atoms with Gasteiger partial charge in [0.2, 0.25) is 0 Å². The molecule has 1 unspecified atom stereocenters. The van der Waals surface area contributed by atoms with E-state index < -0.39 is 5.66 Å². The van der Waals surface area contributed by atoms with Crippen LogP contribution in [0.4, 0.5) is 5.69 Å². The van der Waals surface area contributed by atoms with Crippen LogP contribution in [-0.2, 0) is 0 Å². The fourth-order valence-corrected chi connectivity index (χ4v) is 4.89. The number of carbonyl (C=O) groups excluding carboxylic acids is 1. The quantitative estimate of drug-likeness (QED) is 0.509. The number of piperazine rings is 1. The van der Waals surface area contributed by atoms with E-state index in [1.54, 1.807) is 0 Å². The number of para-hydroxylation sites is 1. The first-order valence-corrected chi connectivity index (χ1v) is 11.5. The molecule has 1 aliphatic heterocycles. The molecule has 1 aromatic heterocycles. The summed E-state index contributed by atoms with van der Waals surface area (Å²) in [6.45, 7) is 7.57. The van der Waals surface area contributed by atoms with Crippen LogP contribution in [0.15, 0.2) is 48.5 Å². The topological polar surface area (TPSA) is 51.4 Å². The highest BCUT2D eigenvalue weighted by molar-refractivity contribution is 6.43. The number of hydrogen-bond acceptors (Lipinski definition) is 3. The number of aromatic amines is 1. The van der Waals surface area contributed by atoms with Crippen LogP contribution in [0.2, 0.25) is 10.0 Å². The molecule has 5 nitrogen and oxygen atoms in total. The Morgan fingerprint density at radius 2 is 1.84 bits per heavy atom. The van der Waals surface area contributed by atoms with Crippen LogP contribution in [0.5, 0.6) is 0 Å². The van der Waals surface area contributed by atoms with Crippen molar-refractivity contribution in [2.24, 2.45) is 0 Å². The molecule has 1 atom stereocenters. The maximum Gasteiger partial charge on any atom is 0.269 e. The van der Waals surface area contributed by atoms with Gasteiger partial charge in [-0.05, 0) is 37.6 Å². The van der Waals surface area contributed by atoms with Crippen molar-refractivity contribution >= 4 is 45.7 Å². The van der Waals surface area contributed by atoms with Gasteiger partial charge in [-0.15, -0.1) is 0 Å². The van der Waals surface area contributed by atoms with Crippen molar-refractivity contribution < 1.29 is 4.79 Å². The van der Waals surface area contributed by atoms with E-state index in [9.17, 15) is 4.79 Å². The molecule has 0 saturated carbocycles. The summed E-state index contributed by atoms with van der Waals surface area (Å²) in [6, 6.07) is 15.6. The molecule has 0 bridgehead atoms. The average molecular weight is 459 g/mol. The van der Waals surface area contributed by atoms with Crippen molar-refractivity contribution in [1.29, 1.82) is 0 Å². The van der Waals surface area contributed by atoms with E-state index in [0.29, 0.717) is 15.7 Å². The van der Waals surface area contributed by atoms with Gasteiger partial charge in [-0.1, -0.05) is 60.8 Å². The highest BCUT2D eigenvalue weighted by Gasteiger charge is 2.35. The summed E-state index contributed by atoms with van der Waals surface area (Å²) in [5.41, 5.74) is 2.10. The maximum atomic E-state index is 13.1. The lowest BCUT2D eigenvalue weighted by molar-refractivity contribution is 0.0456. The fourth-order valence-electron chi connectivity index (χ4n) is 4.47. The lowest BCUT2D eigenvalue weighted by Gasteiger charge is -2.47. The molecule has 2 aromatic carbocycles. The number of fused-ring (bicyclic) bond motifs is 1. The number of hydrogen-bond donors (Lipinski definition) is 2. The summed E-state index contributed by atoms with van der Waals surface area (Å²) in [5, 5.41) is 5.52. The maximum absolute atomic E-state index is 13.1. The molecule has 31 heavy (non-hydrogen) atoms. The van der Waals surface area contributed by atoms with Crippen LogP contribution in [-0.4, -0.2) is 47.6 Å². The smallest absolute Gasteiger partial charge is 0.269 e. The van der Waals surface area contributed by atoms with Crippen LogP contribution < -0.4 is 10.2 Å². The predicted molar refractivity (Wildman–Crippen MR) is 129 cm³/mol. The Labute approximate surface area is 193 Å². The van der Waals surface area contributed by atoms with Gasteiger partial charge >= 0.3 is 0 Å². The fraction of sp³-hybridized carbons (Fsp3) is 0.375. The number of carbonyl (C=O) groups is 1. The van der Waals surface area contributed by atoms with Gasteiger partial charge in [0.1, 0.15) is 5.69 Å². The molecule has 1 amide bonds. The van der Waals surface area contributed by atoms with Crippen LogP contribution in [0.25, 0.3) is 10.9 Å². The number of aromatic nitrogens is 1. The Kier molecular flexibility index (Phi) is 6.47. The van der Waals surface area contributed by atoms with E-state index in [2.05, 4.69) is 33.9 Å². The monoisotopic (exact) mass is 458 g/mol. The number of H-pyrrole nitrogens is 1. The Morgan fingerprint density at radius 3 is 2.55 bits per heavy atom. The Bertz CT molecular complexity index is 1040. The van der Waals surface area contributed by atoms with Crippen LogP contribution in [0.3, 0.4) is 0 Å². The molecular formula is C24H28Cl2N4O. The molecule has 4 rings (SSSR count). The molecule has 164 valence electrons. The standard InChI is InChI=1S/C24H28Cl2N4O/c1-3-11-24(2,28-23(31)20-16-17-7-4-5-9-19(17)27-20)30-14-12-29(13-15-30)21-10-6-8-18(25)22(21)26/h4-10,16,27H,3,11-15H2,1-2H3,(H,28,31). The number of benzene rings is 2. The zero-order valence-corrected chi connectivity index (χ0v) is 19.4. The van der Waals surface area contributed by atoms with Gasteiger partial charge in [-0.3, -0.25) is 9.69 Å². The van der Waals surface area contributed by atoms with E-state index >= 15 is 0 Å². The molecule has 0 aliphatic carbocycles. The number of nitrogens with zero attached hydrogens (tertiary/aromatic N) is 2. The second kappa shape index (κ2) is 9.11. The predicted octanol–water partition coefficient (Wildman–Crippen LogP) is 5.54. The average Bonchev–Trinajstić information content (AvgIpc) is 3.21. The van der Waals surface area contributed by atoms with Gasteiger partial charge in [0, 0.05) is 37.1 Å². The first kappa shape index (κ1) is 22.0. The summed E-state index contributed by atoms with van der Waals surface area (Å²) in [4.78, 5) is 21.0. The Balaban J connectivity index is 1.47. The minimum Gasteiger partial charge on any atom is -0.368 e. The third kappa shape index (κ3) is 4.54.